The van der Waals surface area contributed by atoms with Gasteiger partial charge in [-0.1, -0.05) is 13.0 Å². The molecule has 0 spiro atoms. The Morgan fingerprint density at radius 1 is 1.11 bits per heavy atom. The van der Waals surface area contributed by atoms with Crippen LogP contribution in [-0.2, 0) is 6.54 Å². The Bertz CT molecular complexity index is 512. The van der Waals surface area contributed by atoms with Crippen LogP contribution in [0.25, 0.3) is 5.69 Å². The minimum absolute atomic E-state index is 0.924. The van der Waals surface area contributed by atoms with Crippen LogP contribution in [0.2, 0.25) is 0 Å². The second-order valence-electron chi connectivity index (χ2n) is 4.81. The first-order valence-corrected chi connectivity index (χ1v) is 6.67. The summed E-state index contributed by atoms with van der Waals surface area (Å²) in [6.45, 7) is 8.50. The van der Waals surface area contributed by atoms with E-state index in [1.54, 1.807) is 0 Å². The molecule has 2 heteroatoms. The Balaban J connectivity index is 2.22. The van der Waals surface area contributed by atoms with E-state index in [-0.39, 0.29) is 0 Å². The van der Waals surface area contributed by atoms with E-state index >= 15 is 0 Å². The van der Waals surface area contributed by atoms with Crippen molar-refractivity contribution < 1.29 is 0 Å². The van der Waals surface area contributed by atoms with Gasteiger partial charge in [0, 0.05) is 24.1 Å². The highest BCUT2D eigenvalue weighted by molar-refractivity contribution is 5.41. The summed E-state index contributed by atoms with van der Waals surface area (Å²) in [6, 6.07) is 10.9. The number of aromatic nitrogens is 1. The summed E-state index contributed by atoms with van der Waals surface area (Å²) in [6.07, 6.45) is 3.30. The molecule has 96 valence electrons. The summed E-state index contributed by atoms with van der Waals surface area (Å²) in [5.41, 5.74) is 5.24. The number of nitrogens with zero attached hydrogens (tertiary/aromatic N) is 1. The van der Waals surface area contributed by atoms with E-state index < -0.39 is 0 Å². The molecule has 2 rings (SSSR count). The fraction of sp³-hybridized carbons (Fsp3) is 0.375. The monoisotopic (exact) mass is 242 g/mol. The SMILES string of the molecule is CCCNCc1cccn1-c1ccc(C)c(C)c1. The molecule has 1 N–H and O–H groups in total. The van der Waals surface area contributed by atoms with Gasteiger partial charge in [-0.2, -0.15) is 0 Å². The molecule has 0 atom stereocenters. The third kappa shape index (κ3) is 2.82. The molecule has 2 nitrogen and oxygen atoms in total. The van der Waals surface area contributed by atoms with E-state index in [0.717, 1.165) is 13.1 Å². The van der Waals surface area contributed by atoms with Gasteiger partial charge >= 0.3 is 0 Å². The van der Waals surface area contributed by atoms with Crippen LogP contribution in [0.15, 0.2) is 36.5 Å². The van der Waals surface area contributed by atoms with Gasteiger partial charge in [-0.05, 0) is 62.2 Å². The van der Waals surface area contributed by atoms with Crippen LogP contribution < -0.4 is 5.32 Å². The number of benzene rings is 1. The third-order valence-electron chi connectivity index (χ3n) is 3.33. The van der Waals surface area contributed by atoms with Crippen LogP contribution in [0.5, 0.6) is 0 Å². The second kappa shape index (κ2) is 5.87. The molecule has 18 heavy (non-hydrogen) atoms. The first-order valence-electron chi connectivity index (χ1n) is 6.67. The molecule has 0 unspecified atom stereocenters. The van der Waals surface area contributed by atoms with E-state index in [4.69, 9.17) is 0 Å². The molecule has 0 saturated heterocycles. The minimum atomic E-state index is 0.924. The molecule has 0 radical (unpaired) electrons. The highest BCUT2D eigenvalue weighted by Gasteiger charge is 2.03. The minimum Gasteiger partial charge on any atom is -0.320 e. The molecular formula is C16H22N2. The van der Waals surface area contributed by atoms with Crippen LogP contribution in [-0.4, -0.2) is 11.1 Å². The zero-order valence-electron chi connectivity index (χ0n) is 11.5. The van der Waals surface area contributed by atoms with E-state index in [1.807, 2.05) is 0 Å². The molecule has 0 bridgehead atoms. The van der Waals surface area contributed by atoms with Gasteiger partial charge < -0.3 is 9.88 Å². The van der Waals surface area contributed by atoms with Crippen molar-refractivity contribution in [1.29, 1.82) is 0 Å². The summed E-state index contributed by atoms with van der Waals surface area (Å²) in [5, 5.41) is 3.45. The molecule has 0 aliphatic heterocycles. The molecule has 0 amide bonds. The molecule has 0 aliphatic rings. The molecule has 0 saturated carbocycles. The van der Waals surface area contributed by atoms with E-state index in [1.165, 1.54) is 28.9 Å². The van der Waals surface area contributed by atoms with Gasteiger partial charge in [-0.3, -0.25) is 0 Å². The smallest absolute Gasteiger partial charge is 0.0455 e. The van der Waals surface area contributed by atoms with Crippen LogP contribution in [0.3, 0.4) is 0 Å². The van der Waals surface area contributed by atoms with E-state index in [2.05, 4.69) is 67.2 Å². The average molecular weight is 242 g/mol. The Kier molecular flexibility index (Phi) is 4.21. The van der Waals surface area contributed by atoms with Crippen molar-refractivity contribution in [3.63, 3.8) is 0 Å². The van der Waals surface area contributed by atoms with Gasteiger partial charge in [0.05, 0.1) is 0 Å². The van der Waals surface area contributed by atoms with Crippen LogP contribution >= 0.6 is 0 Å². The number of rotatable bonds is 5. The lowest BCUT2D eigenvalue weighted by Crippen LogP contribution is -2.16. The van der Waals surface area contributed by atoms with Crippen LogP contribution in [0.4, 0.5) is 0 Å². The maximum absolute atomic E-state index is 3.45. The largest absolute Gasteiger partial charge is 0.320 e. The van der Waals surface area contributed by atoms with Crippen molar-refractivity contribution in [2.75, 3.05) is 6.54 Å². The van der Waals surface area contributed by atoms with Crippen molar-refractivity contribution in [3.8, 4) is 5.69 Å². The summed E-state index contributed by atoms with van der Waals surface area (Å²) >= 11 is 0. The predicted molar refractivity (Wildman–Crippen MR) is 77.2 cm³/mol. The van der Waals surface area contributed by atoms with Gasteiger partial charge in [0.2, 0.25) is 0 Å². The van der Waals surface area contributed by atoms with Gasteiger partial charge in [0.15, 0.2) is 0 Å². The molecule has 1 aromatic heterocycles. The fourth-order valence-corrected chi connectivity index (χ4v) is 2.08. The summed E-state index contributed by atoms with van der Waals surface area (Å²) in [5.74, 6) is 0. The lowest BCUT2D eigenvalue weighted by molar-refractivity contribution is 0.656. The highest BCUT2D eigenvalue weighted by Crippen LogP contribution is 2.16. The van der Waals surface area contributed by atoms with Crippen molar-refractivity contribution in [2.24, 2.45) is 0 Å². The molecule has 0 fully saturated rings. The number of hydrogen-bond donors (Lipinski definition) is 1. The molecule has 1 heterocycles. The topological polar surface area (TPSA) is 17.0 Å². The molecular weight excluding hydrogens is 220 g/mol. The third-order valence-corrected chi connectivity index (χ3v) is 3.33. The van der Waals surface area contributed by atoms with Crippen molar-refractivity contribution >= 4 is 0 Å². The molecule has 0 aliphatic carbocycles. The Hall–Kier alpha value is -1.54. The van der Waals surface area contributed by atoms with Crippen LogP contribution in [0.1, 0.15) is 30.2 Å². The normalized spacial score (nSPS) is 10.8. The fourth-order valence-electron chi connectivity index (χ4n) is 2.08. The summed E-state index contributed by atoms with van der Waals surface area (Å²) in [7, 11) is 0. The summed E-state index contributed by atoms with van der Waals surface area (Å²) in [4.78, 5) is 0. The first kappa shape index (κ1) is 12.9. The zero-order valence-corrected chi connectivity index (χ0v) is 11.5. The zero-order chi connectivity index (χ0) is 13.0. The average Bonchev–Trinajstić information content (AvgIpc) is 2.81. The quantitative estimate of drug-likeness (QED) is 0.793. The maximum atomic E-state index is 3.45. The standard InChI is InChI=1S/C16H22N2/c1-4-9-17-12-16-6-5-10-18(16)15-8-7-13(2)14(3)11-15/h5-8,10-11,17H,4,9,12H2,1-3H3. The van der Waals surface area contributed by atoms with Gasteiger partial charge in [0.1, 0.15) is 0 Å². The van der Waals surface area contributed by atoms with Crippen LogP contribution in [0, 0.1) is 13.8 Å². The van der Waals surface area contributed by atoms with Crippen molar-refractivity contribution in [3.05, 3.63) is 53.3 Å². The van der Waals surface area contributed by atoms with Crippen molar-refractivity contribution in [1.82, 2.24) is 9.88 Å². The van der Waals surface area contributed by atoms with Crippen molar-refractivity contribution in [2.45, 2.75) is 33.7 Å². The highest BCUT2D eigenvalue weighted by atomic mass is 15.0. The maximum Gasteiger partial charge on any atom is 0.0455 e. The summed E-state index contributed by atoms with van der Waals surface area (Å²) < 4.78 is 2.26. The molecule has 2 aromatic rings. The number of hydrogen-bond acceptors (Lipinski definition) is 1. The predicted octanol–water partition coefficient (Wildman–Crippen LogP) is 3.59. The van der Waals surface area contributed by atoms with Gasteiger partial charge in [-0.25, -0.2) is 0 Å². The second-order valence-corrected chi connectivity index (χ2v) is 4.81. The first-order chi connectivity index (χ1) is 8.72. The van der Waals surface area contributed by atoms with Gasteiger partial charge in [-0.15, -0.1) is 0 Å². The lowest BCUT2D eigenvalue weighted by Gasteiger charge is -2.11. The Morgan fingerprint density at radius 2 is 1.94 bits per heavy atom. The van der Waals surface area contributed by atoms with Gasteiger partial charge in [0.25, 0.3) is 0 Å². The molecule has 1 aromatic carbocycles. The van der Waals surface area contributed by atoms with E-state index in [0.29, 0.717) is 0 Å². The Morgan fingerprint density at radius 3 is 2.67 bits per heavy atom. The Labute approximate surface area is 110 Å². The number of aryl methyl sites for hydroxylation is 2. The van der Waals surface area contributed by atoms with E-state index in [9.17, 15) is 0 Å². The lowest BCUT2D eigenvalue weighted by atomic mass is 10.1. The number of nitrogens with one attached hydrogen (secondary N) is 1.